The van der Waals surface area contributed by atoms with Gasteiger partial charge in [0.05, 0.1) is 18.2 Å². The summed E-state index contributed by atoms with van der Waals surface area (Å²) in [6.07, 6.45) is 6.20. The van der Waals surface area contributed by atoms with Crippen LogP contribution in [0.5, 0.6) is 11.5 Å². The molecule has 0 aliphatic carbocycles. The molecular weight excluding hydrogens is 372 g/mol. The number of methoxy groups -OCH3 is 1. The predicted octanol–water partition coefficient (Wildman–Crippen LogP) is 5.70. The SMILES string of the molecule is CCCCCCCOc1c(Br)cc(CBr)cc1OC. The molecule has 0 atom stereocenters. The second-order valence-electron chi connectivity index (χ2n) is 4.51. The molecule has 1 aromatic carbocycles. The van der Waals surface area contributed by atoms with E-state index in [2.05, 4.69) is 44.8 Å². The molecule has 0 amide bonds. The Bertz CT molecular complexity index is 381. The lowest BCUT2D eigenvalue weighted by atomic mass is 10.2. The van der Waals surface area contributed by atoms with Crippen molar-refractivity contribution in [1.29, 1.82) is 0 Å². The van der Waals surface area contributed by atoms with E-state index in [1.54, 1.807) is 7.11 Å². The summed E-state index contributed by atoms with van der Waals surface area (Å²) in [5.41, 5.74) is 1.17. The maximum Gasteiger partial charge on any atom is 0.175 e. The molecule has 0 N–H and O–H groups in total. The van der Waals surface area contributed by atoms with Crippen molar-refractivity contribution in [2.75, 3.05) is 13.7 Å². The molecule has 1 rings (SSSR count). The third-order valence-corrected chi connectivity index (χ3v) is 4.17. The molecular formula is C15H22Br2O2. The van der Waals surface area contributed by atoms with Crippen molar-refractivity contribution < 1.29 is 9.47 Å². The van der Waals surface area contributed by atoms with E-state index in [9.17, 15) is 0 Å². The molecule has 0 heterocycles. The normalized spacial score (nSPS) is 10.5. The van der Waals surface area contributed by atoms with Gasteiger partial charge in [0.15, 0.2) is 11.5 Å². The van der Waals surface area contributed by atoms with E-state index >= 15 is 0 Å². The van der Waals surface area contributed by atoms with Gasteiger partial charge in [-0.05, 0) is 40.0 Å². The van der Waals surface area contributed by atoms with Crippen LogP contribution in [0.25, 0.3) is 0 Å². The fraction of sp³-hybridized carbons (Fsp3) is 0.600. The van der Waals surface area contributed by atoms with E-state index in [4.69, 9.17) is 9.47 Å². The van der Waals surface area contributed by atoms with Gasteiger partial charge < -0.3 is 9.47 Å². The second kappa shape index (κ2) is 9.65. The van der Waals surface area contributed by atoms with Crippen LogP contribution in [0.3, 0.4) is 0 Å². The summed E-state index contributed by atoms with van der Waals surface area (Å²) in [5.74, 6) is 1.60. The van der Waals surface area contributed by atoms with Gasteiger partial charge in [0.1, 0.15) is 0 Å². The number of halogens is 2. The van der Waals surface area contributed by atoms with Crippen LogP contribution < -0.4 is 9.47 Å². The zero-order valence-electron chi connectivity index (χ0n) is 11.7. The van der Waals surface area contributed by atoms with Crippen LogP contribution in [-0.4, -0.2) is 13.7 Å². The lowest BCUT2D eigenvalue weighted by Gasteiger charge is -2.13. The molecule has 0 fully saturated rings. The topological polar surface area (TPSA) is 18.5 Å². The van der Waals surface area contributed by atoms with Crippen molar-refractivity contribution in [2.45, 2.75) is 44.4 Å². The Balaban J connectivity index is 2.52. The minimum absolute atomic E-state index is 0.742. The molecule has 0 bridgehead atoms. The number of hydrogen-bond acceptors (Lipinski definition) is 2. The van der Waals surface area contributed by atoms with Gasteiger partial charge in [-0.1, -0.05) is 48.5 Å². The quantitative estimate of drug-likeness (QED) is 0.395. The van der Waals surface area contributed by atoms with Crippen molar-refractivity contribution in [3.63, 3.8) is 0 Å². The fourth-order valence-electron chi connectivity index (χ4n) is 1.87. The smallest absolute Gasteiger partial charge is 0.175 e. The monoisotopic (exact) mass is 392 g/mol. The molecule has 4 heteroatoms. The lowest BCUT2D eigenvalue weighted by Crippen LogP contribution is -2.01. The largest absolute Gasteiger partial charge is 0.493 e. The molecule has 0 radical (unpaired) electrons. The highest BCUT2D eigenvalue weighted by Crippen LogP contribution is 2.37. The summed E-state index contributed by atoms with van der Waals surface area (Å²) in [4.78, 5) is 0. The van der Waals surface area contributed by atoms with Crippen molar-refractivity contribution >= 4 is 31.9 Å². The molecule has 0 saturated carbocycles. The first-order valence-electron chi connectivity index (χ1n) is 6.78. The molecule has 0 spiro atoms. The summed E-state index contributed by atoms with van der Waals surface area (Å²) in [5, 5.41) is 0.805. The van der Waals surface area contributed by atoms with Gasteiger partial charge in [0.25, 0.3) is 0 Å². The number of alkyl halides is 1. The summed E-state index contributed by atoms with van der Waals surface area (Å²) < 4.78 is 12.2. The summed E-state index contributed by atoms with van der Waals surface area (Å²) in [7, 11) is 1.67. The number of unbranched alkanes of at least 4 members (excludes halogenated alkanes) is 4. The van der Waals surface area contributed by atoms with Gasteiger partial charge in [0.2, 0.25) is 0 Å². The van der Waals surface area contributed by atoms with Crippen LogP contribution in [0.1, 0.15) is 44.6 Å². The average molecular weight is 394 g/mol. The van der Waals surface area contributed by atoms with E-state index < -0.39 is 0 Å². The van der Waals surface area contributed by atoms with Crippen LogP contribution in [-0.2, 0) is 5.33 Å². The standard InChI is InChI=1S/C15H22Br2O2/c1-3-4-5-6-7-8-19-15-13(17)9-12(11-16)10-14(15)18-2/h9-10H,3-8,11H2,1-2H3. The Labute approximate surface area is 133 Å². The second-order valence-corrected chi connectivity index (χ2v) is 5.92. The Morgan fingerprint density at radius 2 is 1.84 bits per heavy atom. The van der Waals surface area contributed by atoms with Crippen molar-refractivity contribution in [3.05, 3.63) is 22.2 Å². The highest BCUT2D eigenvalue weighted by molar-refractivity contribution is 9.10. The number of benzene rings is 1. The van der Waals surface area contributed by atoms with Crippen LogP contribution in [0.15, 0.2) is 16.6 Å². The minimum Gasteiger partial charge on any atom is -0.493 e. The first-order valence-corrected chi connectivity index (χ1v) is 8.69. The average Bonchev–Trinajstić information content (AvgIpc) is 2.43. The highest BCUT2D eigenvalue weighted by atomic mass is 79.9. The van der Waals surface area contributed by atoms with E-state index in [-0.39, 0.29) is 0 Å². The van der Waals surface area contributed by atoms with Crippen LogP contribution >= 0.6 is 31.9 Å². The van der Waals surface area contributed by atoms with Gasteiger partial charge in [-0.25, -0.2) is 0 Å². The number of rotatable bonds is 9. The highest BCUT2D eigenvalue weighted by Gasteiger charge is 2.11. The van der Waals surface area contributed by atoms with Gasteiger partial charge in [0, 0.05) is 5.33 Å². The molecule has 19 heavy (non-hydrogen) atoms. The molecule has 108 valence electrons. The first kappa shape index (κ1) is 16.8. The van der Waals surface area contributed by atoms with Gasteiger partial charge in [-0.15, -0.1) is 0 Å². The van der Waals surface area contributed by atoms with Crippen molar-refractivity contribution in [2.24, 2.45) is 0 Å². The molecule has 0 aromatic heterocycles. The van der Waals surface area contributed by atoms with E-state index in [1.165, 1.54) is 31.2 Å². The van der Waals surface area contributed by atoms with Crippen molar-refractivity contribution in [3.8, 4) is 11.5 Å². The molecule has 0 unspecified atom stereocenters. The Kier molecular flexibility index (Phi) is 8.55. The number of hydrogen-bond donors (Lipinski definition) is 0. The Hall–Kier alpha value is -0.220. The third-order valence-electron chi connectivity index (χ3n) is 2.94. The Morgan fingerprint density at radius 3 is 2.47 bits per heavy atom. The van der Waals surface area contributed by atoms with Gasteiger partial charge in [-0.2, -0.15) is 0 Å². The lowest BCUT2D eigenvalue weighted by molar-refractivity contribution is 0.283. The first-order chi connectivity index (χ1) is 9.22. The van der Waals surface area contributed by atoms with E-state index in [0.29, 0.717) is 0 Å². The minimum atomic E-state index is 0.742. The maximum absolute atomic E-state index is 5.85. The van der Waals surface area contributed by atoms with Gasteiger partial charge in [-0.3, -0.25) is 0 Å². The Morgan fingerprint density at radius 1 is 1.11 bits per heavy atom. The molecule has 0 aliphatic heterocycles. The summed E-state index contributed by atoms with van der Waals surface area (Å²) in [6.45, 7) is 2.97. The van der Waals surface area contributed by atoms with E-state index in [0.717, 1.165) is 34.3 Å². The number of ether oxygens (including phenoxy) is 2. The van der Waals surface area contributed by atoms with Gasteiger partial charge >= 0.3 is 0 Å². The predicted molar refractivity (Wildman–Crippen MR) is 87.6 cm³/mol. The molecule has 0 aliphatic rings. The maximum atomic E-state index is 5.85. The van der Waals surface area contributed by atoms with Crippen LogP contribution in [0.2, 0.25) is 0 Å². The fourth-order valence-corrected chi connectivity index (χ4v) is 2.80. The van der Waals surface area contributed by atoms with E-state index in [1.807, 2.05) is 6.07 Å². The zero-order valence-corrected chi connectivity index (χ0v) is 14.8. The molecule has 2 nitrogen and oxygen atoms in total. The third kappa shape index (κ3) is 5.74. The zero-order chi connectivity index (χ0) is 14.1. The molecule has 1 aromatic rings. The summed E-state index contributed by atoms with van der Waals surface area (Å²) in [6, 6.07) is 4.07. The van der Waals surface area contributed by atoms with Crippen molar-refractivity contribution in [1.82, 2.24) is 0 Å². The summed E-state index contributed by atoms with van der Waals surface area (Å²) >= 11 is 7.00. The van der Waals surface area contributed by atoms with Crippen LogP contribution in [0, 0.1) is 0 Å². The van der Waals surface area contributed by atoms with Crippen LogP contribution in [0.4, 0.5) is 0 Å². The molecule has 0 saturated heterocycles.